The number of fused-ring (bicyclic) bond motifs is 8. The van der Waals surface area contributed by atoms with E-state index in [2.05, 4.69) is 184 Å². The van der Waals surface area contributed by atoms with Crippen molar-refractivity contribution in [1.82, 2.24) is 9.55 Å². The first kappa shape index (κ1) is 30.8. The Labute approximate surface area is 299 Å². The van der Waals surface area contributed by atoms with Crippen LogP contribution in [0.25, 0.3) is 77.5 Å². The molecule has 0 bridgehead atoms. The van der Waals surface area contributed by atoms with Gasteiger partial charge in [-0.25, -0.2) is 4.98 Å². The van der Waals surface area contributed by atoms with Gasteiger partial charge in [-0.15, -0.1) is 0 Å². The van der Waals surface area contributed by atoms with E-state index < -0.39 is 0 Å². The summed E-state index contributed by atoms with van der Waals surface area (Å²) in [6.45, 7) is 11.1. The van der Waals surface area contributed by atoms with Crippen LogP contribution < -0.4 is 0 Å². The number of para-hydroxylation sites is 1. The van der Waals surface area contributed by atoms with Crippen LogP contribution in [0.3, 0.4) is 0 Å². The second kappa shape index (κ2) is 12.0. The standard InChI is InChI=1S/C49H38N2/c1-5-17-39-41(6-2)49(3,4)47-45(39)37-22-13-14-23-38(37)46-40-24-15-16-25-44(40)51(48(46)47)36-28-26-32(27-29-36)35-30-42(33-18-9-7-10-19-33)50-43(31-35)34-20-11-8-12-21-34/h5-31H,2H2,1,3-4H3/b17-5-. The molecule has 0 radical (unpaired) electrons. The van der Waals surface area contributed by atoms with Crippen molar-refractivity contribution in [3.05, 3.63) is 187 Å². The molecular formula is C49H38N2. The lowest BCUT2D eigenvalue weighted by atomic mass is 9.79. The summed E-state index contributed by atoms with van der Waals surface area (Å²) in [5.74, 6) is 0. The van der Waals surface area contributed by atoms with Crippen LogP contribution in [0.4, 0.5) is 0 Å². The first-order valence-electron chi connectivity index (χ1n) is 17.7. The quantitative estimate of drug-likeness (QED) is 0.174. The number of nitrogens with zero attached hydrogens (tertiary/aromatic N) is 2. The van der Waals surface area contributed by atoms with Crippen LogP contribution in [0.15, 0.2) is 176 Å². The maximum Gasteiger partial charge on any atom is 0.0715 e. The van der Waals surface area contributed by atoms with Crippen molar-refractivity contribution < 1.29 is 0 Å². The largest absolute Gasteiger partial charge is 0.309 e. The number of allylic oxidation sites excluding steroid dienone is 5. The van der Waals surface area contributed by atoms with E-state index in [1.54, 1.807) is 0 Å². The fourth-order valence-electron chi connectivity index (χ4n) is 8.40. The number of hydrogen-bond donors (Lipinski definition) is 0. The van der Waals surface area contributed by atoms with Crippen LogP contribution in [0, 0.1) is 0 Å². The Morgan fingerprint density at radius 3 is 1.78 bits per heavy atom. The lowest BCUT2D eigenvalue weighted by molar-refractivity contribution is 0.659. The second-order valence-corrected chi connectivity index (χ2v) is 13.9. The summed E-state index contributed by atoms with van der Waals surface area (Å²) in [4.78, 5) is 5.11. The zero-order valence-corrected chi connectivity index (χ0v) is 29.2. The minimum Gasteiger partial charge on any atom is -0.309 e. The molecule has 0 aliphatic heterocycles. The van der Waals surface area contributed by atoms with Crippen LogP contribution in [0.1, 0.15) is 31.9 Å². The van der Waals surface area contributed by atoms with Gasteiger partial charge in [0.15, 0.2) is 0 Å². The van der Waals surface area contributed by atoms with Crippen molar-refractivity contribution in [3.8, 4) is 39.3 Å². The van der Waals surface area contributed by atoms with Crippen LogP contribution >= 0.6 is 0 Å². The molecule has 0 atom stereocenters. The lowest BCUT2D eigenvalue weighted by Crippen LogP contribution is -2.18. The number of hydrogen-bond acceptors (Lipinski definition) is 1. The molecule has 1 aliphatic rings. The van der Waals surface area contributed by atoms with E-state index in [1.165, 1.54) is 54.9 Å². The molecule has 1 aliphatic carbocycles. The first-order valence-corrected chi connectivity index (χ1v) is 17.7. The third-order valence-corrected chi connectivity index (χ3v) is 10.6. The fourth-order valence-corrected chi connectivity index (χ4v) is 8.40. The third-order valence-electron chi connectivity index (χ3n) is 10.6. The summed E-state index contributed by atoms with van der Waals surface area (Å²) in [5.41, 5.74) is 15.0. The van der Waals surface area contributed by atoms with E-state index in [4.69, 9.17) is 4.98 Å². The summed E-state index contributed by atoms with van der Waals surface area (Å²) in [6, 6.07) is 52.2. The molecule has 0 saturated carbocycles. The van der Waals surface area contributed by atoms with E-state index in [0.29, 0.717) is 0 Å². The molecule has 0 saturated heterocycles. The van der Waals surface area contributed by atoms with Gasteiger partial charge in [0, 0.05) is 33.0 Å². The predicted molar refractivity (Wildman–Crippen MR) is 217 cm³/mol. The predicted octanol–water partition coefficient (Wildman–Crippen LogP) is 13.1. The van der Waals surface area contributed by atoms with Crippen molar-refractivity contribution in [2.45, 2.75) is 26.2 Å². The molecule has 0 unspecified atom stereocenters. The van der Waals surface area contributed by atoms with Gasteiger partial charge in [-0.1, -0.05) is 154 Å². The SMILES string of the molecule is C=CC1=C(/C=C\C)c2c(c3c(c4ccccc24)c2ccccc2n3-c2ccc(-c3cc(-c4ccccc4)nc(-c4ccccc4)c3)cc2)C1(C)C. The molecule has 51 heavy (non-hydrogen) atoms. The molecule has 0 spiro atoms. The van der Waals surface area contributed by atoms with Crippen LogP contribution in [0.2, 0.25) is 0 Å². The molecule has 0 amide bonds. The maximum atomic E-state index is 5.11. The Hall–Kier alpha value is -6.25. The van der Waals surface area contributed by atoms with Crippen molar-refractivity contribution >= 4 is 38.2 Å². The Morgan fingerprint density at radius 1 is 0.608 bits per heavy atom. The normalized spacial score (nSPS) is 13.9. The number of rotatable bonds is 6. The molecule has 2 heterocycles. The smallest absolute Gasteiger partial charge is 0.0715 e. The van der Waals surface area contributed by atoms with E-state index in [-0.39, 0.29) is 5.41 Å². The summed E-state index contributed by atoms with van der Waals surface area (Å²) < 4.78 is 2.50. The molecule has 2 heteroatoms. The zero-order valence-electron chi connectivity index (χ0n) is 29.2. The minimum absolute atomic E-state index is 0.251. The van der Waals surface area contributed by atoms with Gasteiger partial charge >= 0.3 is 0 Å². The Morgan fingerprint density at radius 2 is 1.18 bits per heavy atom. The average molecular weight is 655 g/mol. The van der Waals surface area contributed by atoms with Gasteiger partial charge in [0.05, 0.1) is 22.4 Å². The first-order chi connectivity index (χ1) is 25.0. The molecule has 2 aromatic heterocycles. The zero-order chi connectivity index (χ0) is 34.7. The highest BCUT2D eigenvalue weighted by atomic mass is 15.0. The fraction of sp³-hybridized carbons (Fsp3) is 0.0816. The van der Waals surface area contributed by atoms with Gasteiger partial charge in [0.25, 0.3) is 0 Å². The van der Waals surface area contributed by atoms with Crippen LogP contribution in [0.5, 0.6) is 0 Å². The molecule has 8 aromatic rings. The van der Waals surface area contributed by atoms with Gasteiger partial charge in [-0.2, -0.15) is 0 Å². The highest BCUT2D eigenvalue weighted by molar-refractivity contribution is 6.26. The maximum absolute atomic E-state index is 5.11. The molecule has 2 nitrogen and oxygen atoms in total. The second-order valence-electron chi connectivity index (χ2n) is 13.9. The molecule has 244 valence electrons. The van der Waals surface area contributed by atoms with Crippen molar-refractivity contribution in [1.29, 1.82) is 0 Å². The van der Waals surface area contributed by atoms with E-state index in [1.807, 2.05) is 12.1 Å². The Kier molecular flexibility index (Phi) is 7.22. The summed E-state index contributed by atoms with van der Waals surface area (Å²) in [6.07, 6.45) is 6.50. The summed E-state index contributed by atoms with van der Waals surface area (Å²) in [5, 5.41) is 5.13. The highest BCUT2D eigenvalue weighted by Crippen LogP contribution is 2.55. The summed E-state index contributed by atoms with van der Waals surface area (Å²) in [7, 11) is 0. The third kappa shape index (κ3) is 4.75. The molecule has 0 N–H and O–H groups in total. The summed E-state index contributed by atoms with van der Waals surface area (Å²) >= 11 is 0. The van der Waals surface area contributed by atoms with Crippen LogP contribution in [-0.2, 0) is 5.41 Å². The molecular weight excluding hydrogens is 617 g/mol. The highest BCUT2D eigenvalue weighted by Gasteiger charge is 2.40. The van der Waals surface area contributed by atoms with Gasteiger partial charge in [0.1, 0.15) is 0 Å². The Balaban J connectivity index is 1.30. The topological polar surface area (TPSA) is 17.8 Å². The van der Waals surface area contributed by atoms with Crippen molar-refractivity contribution in [2.24, 2.45) is 0 Å². The minimum atomic E-state index is -0.251. The van der Waals surface area contributed by atoms with Gasteiger partial charge in [-0.05, 0) is 81.4 Å². The van der Waals surface area contributed by atoms with E-state index >= 15 is 0 Å². The molecule has 0 fully saturated rings. The Bertz CT molecular complexity index is 2650. The van der Waals surface area contributed by atoms with Gasteiger partial charge in [0.2, 0.25) is 0 Å². The van der Waals surface area contributed by atoms with E-state index in [0.717, 1.165) is 39.3 Å². The van der Waals surface area contributed by atoms with Gasteiger partial charge < -0.3 is 4.57 Å². The van der Waals surface area contributed by atoms with Gasteiger partial charge in [-0.3, -0.25) is 0 Å². The lowest BCUT2D eigenvalue weighted by Gasteiger charge is -2.25. The number of aromatic nitrogens is 2. The van der Waals surface area contributed by atoms with E-state index in [9.17, 15) is 0 Å². The molecule has 9 rings (SSSR count). The number of benzene rings is 6. The molecule has 6 aromatic carbocycles. The number of pyridine rings is 1. The van der Waals surface area contributed by atoms with Crippen LogP contribution in [-0.4, -0.2) is 9.55 Å². The van der Waals surface area contributed by atoms with Crippen molar-refractivity contribution in [3.63, 3.8) is 0 Å². The monoisotopic (exact) mass is 654 g/mol. The average Bonchev–Trinajstić information content (AvgIpc) is 3.64. The van der Waals surface area contributed by atoms with Crippen molar-refractivity contribution in [2.75, 3.05) is 0 Å².